The highest BCUT2D eigenvalue weighted by atomic mass is 15.3. The number of rotatable bonds is 1. The van der Waals surface area contributed by atoms with Crippen molar-refractivity contribution in [2.75, 3.05) is 33.2 Å². The van der Waals surface area contributed by atoms with E-state index in [1.54, 1.807) is 0 Å². The second kappa shape index (κ2) is 4.66. The first-order valence-corrected chi connectivity index (χ1v) is 6.95. The molecule has 0 aromatic rings. The van der Waals surface area contributed by atoms with Gasteiger partial charge in [0.25, 0.3) is 0 Å². The highest BCUT2D eigenvalue weighted by Gasteiger charge is 2.40. The van der Waals surface area contributed by atoms with Crippen LogP contribution in [0.3, 0.4) is 0 Å². The Balaban J connectivity index is 2.13. The van der Waals surface area contributed by atoms with E-state index in [0.29, 0.717) is 5.41 Å². The van der Waals surface area contributed by atoms with Crippen LogP contribution in [0.15, 0.2) is 0 Å². The molecule has 2 rings (SSSR count). The summed E-state index contributed by atoms with van der Waals surface area (Å²) < 4.78 is 0. The molecule has 0 bridgehead atoms. The normalized spacial score (nSPS) is 36.8. The molecule has 2 fully saturated rings. The SMILES string of the molecule is CCC1CCN2CCN(C)CC2C(C)(C)C1. The maximum absolute atomic E-state index is 2.76. The lowest BCUT2D eigenvalue weighted by atomic mass is 9.75. The Morgan fingerprint density at radius 1 is 1.19 bits per heavy atom. The van der Waals surface area contributed by atoms with Gasteiger partial charge in [-0.05, 0) is 37.8 Å². The van der Waals surface area contributed by atoms with Crippen LogP contribution in [0.4, 0.5) is 0 Å². The summed E-state index contributed by atoms with van der Waals surface area (Å²) in [6.07, 6.45) is 4.19. The summed E-state index contributed by atoms with van der Waals surface area (Å²) in [5.74, 6) is 0.950. The first-order valence-electron chi connectivity index (χ1n) is 6.95. The van der Waals surface area contributed by atoms with Crippen molar-refractivity contribution in [3.8, 4) is 0 Å². The van der Waals surface area contributed by atoms with E-state index in [9.17, 15) is 0 Å². The maximum atomic E-state index is 2.76. The van der Waals surface area contributed by atoms with E-state index in [4.69, 9.17) is 0 Å². The summed E-state index contributed by atoms with van der Waals surface area (Å²) >= 11 is 0. The Morgan fingerprint density at radius 3 is 2.62 bits per heavy atom. The van der Waals surface area contributed by atoms with Crippen LogP contribution in [0.1, 0.15) is 40.0 Å². The van der Waals surface area contributed by atoms with Gasteiger partial charge in [-0.2, -0.15) is 0 Å². The molecule has 2 saturated heterocycles. The molecule has 2 aliphatic rings. The van der Waals surface area contributed by atoms with Gasteiger partial charge in [-0.25, -0.2) is 0 Å². The highest BCUT2D eigenvalue weighted by molar-refractivity contribution is 4.95. The van der Waals surface area contributed by atoms with Crippen LogP contribution < -0.4 is 0 Å². The van der Waals surface area contributed by atoms with Crippen molar-refractivity contribution < 1.29 is 0 Å². The summed E-state index contributed by atoms with van der Waals surface area (Å²) in [5, 5.41) is 0. The summed E-state index contributed by atoms with van der Waals surface area (Å²) in [6.45, 7) is 12.5. The van der Waals surface area contributed by atoms with Gasteiger partial charge in [0, 0.05) is 25.7 Å². The number of piperazine rings is 1. The Labute approximate surface area is 101 Å². The number of hydrogen-bond donors (Lipinski definition) is 0. The molecule has 2 heterocycles. The van der Waals surface area contributed by atoms with E-state index in [1.165, 1.54) is 45.4 Å². The van der Waals surface area contributed by atoms with Gasteiger partial charge in [0.2, 0.25) is 0 Å². The van der Waals surface area contributed by atoms with Crippen LogP contribution in [0, 0.1) is 11.3 Å². The fraction of sp³-hybridized carbons (Fsp3) is 1.00. The largest absolute Gasteiger partial charge is 0.304 e. The molecule has 94 valence electrons. The van der Waals surface area contributed by atoms with Crippen LogP contribution in [0.2, 0.25) is 0 Å². The molecular formula is C14H28N2. The van der Waals surface area contributed by atoms with Crippen LogP contribution >= 0.6 is 0 Å². The molecule has 0 saturated carbocycles. The molecule has 2 heteroatoms. The van der Waals surface area contributed by atoms with E-state index < -0.39 is 0 Å². The summed E-state index contributed by atoms with van der Waals surface area (Å²) in [7, 11) is 2.27. The minimum absolute atomic E-state index is 0.492. The molecule has 0 amide bonds. The molecule has 2 aliphatic heterocycles. The molecule has 2 nitrogen and oxygen atoms in total. The van der Waals surface area contributed by atoms with Gasteiger partial charge in [-0.15, -0.1) is 0 Å². The predicted molar refractivity (Wildman–Crippen MR) is 69.7 cm³/mol. The van der Waals surface area contributed by atoms with E-state index in [-0.39, 0.29) is 0 Å². The lowest BCUT2D eigenvalue weighted by Gasteiger charge is -2.46. The van der Waals surface area contributed by atoms with E-state index in [1.807, 2.05) is 0 Å². The highest BCUT2D eigenvalue weighted by Crippen LogP contribution is 2.39. The van der Waals surface area contributed by atoms with E-state index in [2.05, 4.69) is 37.6 Å². The van der Waals surface area contributed by atoms with Gasteiger partial charge in [-0.3, -0.25) is 4.90 Å². The predicted octanol–water partition coefficient (Wildman–Crippen LogP) is 2.45. The maximum Gasteiger partial charge on any atom is 0.0274 e. The average Bonchev–Trinajstić information content (AvgIpc) is 2.36. The molecule has 0 aromatic carbocycles. The molecule has 0 aromatic heterocycles. The van der Waals surface area contributed by atoms with Crippen molar-refractivity contribution in [1.29, 1.82) is 0 Å². The van der Waals surface area contributed by atoms with Gasteiger partial charge in [-0.1, -0.05) is 27.2 Å². The van der Waals surface area contributed by atoms with Crippen LogP contribution in [0.25, 0.3) is 0 Å². The summed E-state index contributed by atoms with van der Waals surface area (Å²) in [5.41, 5.74) is 0.492. The van der Waals surface area contributed by atoms with Gasteiger partial charge >= 0.3 is 0 Å². The Bertz CT molecular complexity index is 237. The Hall–Kier alpha value is -0.0800. The third-order valence-electron chi connectivity index (χ3n) is 4.81. The lowest BCUT2D eigenvalue weighted by Crippen LogP contribution is -2.56. The second-order valence-electron chi connectivity index (χ2n) is 6.57. The Kier molecular flexibility index (Phi) is 3.60. The minimum Gasteiger partial charge on any atom is -0.304 e. The summed E-state index contributed by atoms with van der Waals surface area (Å²) in [4.78, 5) is 5.27. The van der Waals surface area contributed by atoms with Crippen molar-refractivity contribution in [2.24, 2.45) is 11.3 Å². The lowest BCUT2D eigenvalue weighted by molar-refractivity contribution is 0.0266. The molecule has 0 spiro atoms. The first kappa shape index (κ1) is 12.4. The van der Waals surface area contributed by atoms with E-state index >= 15 is 0 Å². The molecule has 0 radical (unpaired) electrons. The van der Waals surface area contributed by atoms with Gasteiger partial charge in [0.15, 0.2) is 0 Å². The van der Waals surface area contributed by atoms with Crippen molar-refractivity contribution in [3.63, 3.8) is 0 Å². The third kappa shape index (κ3) is 2.43. The zero-order chi connectivity index (χ0) is 11.8. The monoisotopic (exact) mass is 224 g/mol. The Morgan fingerprint density at radius 2 is 1.94 bits per heavy atom. The van der Waals surface area contributed by atoms with Gasteiger partial charge in [0.1, 0.15) is 0 Å². The standard InChI is InChI=1S/C14H28N2/c1-5-12-6-7-16-9-8-15(4)11-13(16)14(2,3)10-12/h12-13H,5-11H2,1-4H3. The van der Waals surface area contributed by atoms with Crippen molar-refractivity contribution in [2.45, 2.75) is 46.1 Å². The van der Waals surface area contributed by atoms with E-state index in [0.717, 1.165) is 12.0 Å². The van der Waals surface area contributed by atoms with Crippen LogP contribution in [-0.4, -0.2) is 49.1 Å². The fourth-order valence-electron chi connectivity index (χ4n) is 3.64. The van der Waals surface area contributed by atoms with Crippen molar-refractivity contribution in [3.05, 3.63) is 0 Å². The van der Waals surface area contributed by atoms with Crippen molar-refractivity contribution >= 4 is 0 Å². The quantitative estimate of drug-likeness (QED) is 0.675. The third-order valence-corrected chi connectivity index (χ3v) is 4.81. The number of hydrogen-bond acceptors (Lipinski definition) is 2. The zero-order valence-electron chi connectivity index (χ0n) is 11.5. The molecule has 2 unspecified atom stereocenters. The molecule has 16 heavy (non-hydrogen) atoms. The fourth-order valence-corrected chi connectivity index (χ4v) is 3.64. The van der Waals surface area contributed by atoms with Crippen molar-refractivity contribution in [1.82, 2.24) is 9.80 Å². The van der Waals surface area contributed by atoms with Gasteiger partial charge in [0.05, 0.1) is 0 Å². The molecule has 0 N–H and O–H groups in total. The smallest absolute Gasteiger partial charge is 0.0274 e. The van der Waals surface area contributed by atoms with Crippen LogP contribution in [-0.2, 0) is 0 Å². The average molecular weight is 224 g/mol. The number of nitrogens with zero attached hydrogens (tertiary/aromatic N) is 2. The zero-order valence-corrected chi connectivity index (χ0v) is 11.5. The molecular weight excluding hydrogens is 196 g/mol. The summed E-state index contributed by atoms with van der Waals surface area (Å²) in [6, 6.07) is 0.780. The second-order valence-corrected chi connectivity index (χ2v) is 6.57. The van der Waals surface area contributed by atoms with Gasteiger partial charge < -0.3 is 4.90 Å². The molecule has 0 aliphatic carbocycles. The minimum atomic E-state index is 0.492. The topological polar surface area (TPSA) is 6.48 Å². The number of fused-ring (bicyclic) bond motifs is 1. The first-order chi connectivity index (χ1) is 7.53. The van der Waals surface area contributed by atoms with Crippen LogP contribution in [0.5, 0.6) is 0 Å². The number of likely N-dealkylation sites (N-methyl/N-ethyl adjacent to an activating group) is 1. The molecule has 2 atom stereocenters.